The second kappa shape index (κ2) is 7.20. The van der Waals surface area contributed by atoms with E-state index in [0.29, 0.717) is 0 Å². The Hall–Kier alpha value is -3.10. The number of methoxy groups -OCH3 is 1. The number of pyridine rings is 1. The summed E-state index contributed by atoms with van der Waals surface area (Å²) in [5, 5.41) is 2.38. The van der Waals surface area contributed by atoms with Gasteiger partial charge in [0.15, 0.2) is 0 Å². The Kier molecular flexibility index (Phi) is 5.26. The fraction of sp³-hybridized carbons (Fsp3) is 0.188. The topological polar surface area (TPSA) is 77.4 Å². The van der Waals surface area contributed by atoms with Crippen molar-refractivity contribution < 1.29 is 27.5 Å². The summed E-state index contributed by atoms with van der Waals surface area (Å²) in [6, 6.07) is 6.25. The van der Waals surface area contributed by atoms with Crippen LogP contribution in [-0.4, -0.2) is 23.6 Å². The van der Waals surface area contributed by atoms with Gasteiger partial charge in [0.05, 0.1) is 18.2 Å². The molecule has 1 aromatic carbocycles. The largest absolute Gasteiger partial charge is 0.465 e. The first-order chi connectivity index (χ1) is 11.7. The van der Waals surface area contributed by atoms with E-state index in [4.69, 9.17) is 0 Å². The number of nitrogens with one attached hydrogen (secondary N) is 1. The highest BCUT2D eigenvalue weighted by molar-refractivity contribution is 5.91. The fourth-order valence-electron chi connectivity index (χ4n) is 1.99. The average Bonchev–Trinajstić information content (AvgIpc) is 2.55. The molecule has 132 valence electrons. The van der Waals surface area contributed by atoms with Crippen LogP contribution in [-0.2, 0) is 22.3 Å². The summed E-state index contributed by atoms with van der Waals surface area (Å²) >= 11 is 0. The van der Waals surface area contributed by atoms with Gasteiger partial charge in [-0.2, -0.15) is 13.2 Å². The van der Waals surface area contributed by atoms with E-state index in [1.54, 1.807) is 0 Å². The number of anilines is 1. The summed E-state index contributed by atoms with van der Waals surface area (Å²) in [5.41, 5.74) is -1.12. The zero-order chi connectivity index (χ0) is 18.6. The molecule has 0 fully saturated rings. The van der Waals surface area contributed by atoms with Crippen LogP contribution >= 0.6 is 0 Å². The molecule has 0 aliphatic heterocycles. The molecule has 0 saturated carbocycles. The summed E-state index contributed by atoms with van der Waals surface area (Å²) in [6.45, 7) is -0.412. The van der Waals surface area contributed by atoms with Crippen LogP contribution in [0.4, 0.5) is 18.9 Å². The van der Waals surface area contributed by atoms with Crippen LogP contribution in [0.2, 0.25) is 0 Å². The Labute approximate surface area is 139 Å². The van der Waals surface area contributed by atoms with Crippen molar-refractivity contribution in [3.63, 3.8) is 0 Å². The van der Waals surface area contributed by atoms with Crippen molar-refractivity contribution in [2.45, 2.75) is 12.7 Å². The quantitative estimate of drug-likeness (QED) is 0.855. The molecule has 1 amide bonds. The number of rotatable bonds is 4. The Balaban J connectivity index is 2.10. The standard InChI is InChI=1S/C16H13F3N2O4/c1-25-15(24)10-2-7-14(23)21(8-10)9-13(22)20-12-5-3-11(4-6-12)16(17,18)19/h2-8H,9H2,1H3,(H,20,22). The second-order valence-corrected chi connectivity index (χ2v) is 5.00. The van der Waals surface area contributed by atoms with Gasteiger partial charge in [-0.05, 0) is 30.3 Å². The van der Waals surface area contributed by atoms with Crippen molar-refractivity contribution in [3.8, 4) is 0 Å². The molecule has 6 nitrogen and oxygen atoms in total. The van der Waals surface area contributed by atoms with Crippen molar-refractivity contribution in [1.82, 2.24) is 4.57 Å². The average molecular weight is 354 g/mol. The number of alkyl halides is 3. The molecule has 0 saturated heterocycles. The number of esters is 1. The van der Waals surface area contributed by atoms with Gasteiger partial charge in [0.25, 0.3) is 5.56 Å². The van der Waals surface area contributed by atoms with E-state index in [9.17, 15) is 27.6 Å². The van der Waals surface area contributed by atoms with Crippen molar-refractivity contribution >= 4 is 17.6 Å². The molecule has 0 bridgehead atoms. The van der Waals surface area contributed by atoms with Crippen LogP contribution in [0.1, 0.15) is 15.9 Å². The predicted octanol–water partition coefficient (Wildman–Crippen LogP) is 2.29. The van der Waals surface area contributed by atoms with Gasteiger partial charge in [-0.3, -0.25) is 9.59 Å². The SMILES string of the molecule is COC(=O)c1ccc(=O)n(CC(=O)Nc2ccc(C(F)(F)F)cc2)c1. The van der Waals surface area contributed by atoms with Crippen molar-refractivity contribution in [2.75, 3.05) is 12.4 Å². The molecular weight excluding hydrogens is 341 g/mol. The van der Waals surface area contributed by atoms with Gasteiger partial charge in [0.1, 0.15) is 6.54 Å². The number of hydrogen-bond donors (Lipinski definition) is 1. The molecule has 1 N–H and O–H groups in total. The second-order valence-electron chi connectivity index (χ2n) is 5.00. The highest BCUT2D eigenvalue weighted by atomic mass is 19.4. The normalized spacial score (nSPS) is 11.0. The van der Waals surface area contributed by atoms with E-state index in [0.717, 1.165) is 34.9 Å². The van der Waals surface area contributed by atoms with Gasteiger partial charge in [-0.15, -0.1) is 0 Å². The van der Waals surface area contributed by atoms with E-state index in [1.165, 1.54) is 19.4 Å². The Morgan fingerprint density at radius 3 is 2.32 bits per heavy atom. The lowest BCUT2D eigenvalue weighted by molar-refractivity contribution is -0.137. The number of amides is 1. The summed E-state index contributed by atoms with van der Waals surface area (Å²) in [6.07, 6.45) is -3.30. The first kappa shape index (κ1) is 18.2. The maximum atomic E-state index is 12.5. The minimum absolute atomic E-state index is 0.0874. The van der Waals surface area contributed by atoms with Crippen LogP contribution in [0.25, 0.3) is 0 Å². The third kappa shape index (κ3) is 4.69. The first-order valence-corrected chi connectivity index (χ1v) is 6.96. The van der Waals surface area contributed by atoms with Gasteiger partial charge in [0, 0.05) is 18.0 Å². The first-order valence-electron chi connectivity index (χ1n) is 6.96. The number of halogens is 3. The minimum atomic E-state index is -4.47. The molecule has 1 heterocycles. The fourth-order valence-corrected chi connectivity index (χ4v) is 1.99. The van der Waals surface area contributed by atoms with E-state index in [-0.39, 0.29) is 11.3 Å². The van der Waals surface area contributed by atoms with Gasteiger partial charge < -0.3 is 14.6 Å². The third-order valence-corrected chi connectivity index (χ3v) is 3.21. The molecule has 9 heteroatoms. The summed E-state index contributed by atoms with van der Waals surface area (Å²) in [7, 11) is 1.18. The van der Waals surface area contributed by atoms with Gasteiger partial charge >= 0.3 is 12.1 Å². The Bertz CT molecular complexity index is 842. The maximum Gasteiger partial charge on any atom is 0.416 e. The van der Waals surface area contributed by atoms with E-state index in [2.05, 4.69) is 10.1 Å². The highest BCUT2D eigenvalue weighted by Crippen LogP contribution is 2.29. The van der Waals surface area contributed by atoms with E-state index < -0.39 is 35.7 Å². The van der Waals surface area contributed by atoms with Crippen LogP contribution in [0.15, 0.2) is 47.4 Å². The number of hydrogen-bond acceptors (Lipinski definition) is 4. The summed E-state index contributed by atoms with van der Waals surface area (Å²) in [5.74, 6) is -1.30. The number of aromatic nitrogens is 1. The molecule has 2 aromatic rings. The monoisotopic (exact) mass is 354 g/mol. The Morgan fingerprint density at radius 2 is 1.76 bits per heavy atom. The van der Waals surface area contributed by atoms with Gasteiger partial charge in [-0.1, -0.05) is 0 Å². The van der Waals surface area contributed by atoms with Crippen LogP contribution in [0.5, 0.6) is 0 Å². The Morgan fingerprint density at radius 1 is 1.12 bits per heavy atom. The molecule has 25 heavy (non-hydrogen) atoms. The van der Waals surface area contributed by atoms with Crippen LogP contribution in [0, 0.1) is 0 Å². The number of benzene rings is 1. The lowest BCUT2D eigenvalue weighted by atomic mass is 10.2. The summed E-state index contributed by atoms with van der Waals surface area (Å²) in [4.78, 5) is 35.1. The molecule has 0 aliphatic rings. The van der Waals surface area contributed by atoms with Crippen molar-refractivity contribution in [2.24, 2.45) is 0 Å². The van der Waals surface area contributed by atoms with Crippen molar-refractivity contribution in [3.05, 3.63) is 64.1 Å². The van der Waals surface area contributed by atoms with Crippen molar-refractivity contribution in [1.29, 1.82) is 0 Å². The number of carbonyl (C=O) groups is 2. The highest BCUT2D eigenvalue weighted by Gasteiger charge is 2.29. The molecule has 0 atom stereocenters. The van der Waals surface area contributed by atoms with E-state index in [1.807, 2.05) is 0 Å². The van der Waals surface area contributed by atoms with Gasteiger partial charge in [0.2, 0.25) is 5.91 Å². The molecule has 0 spiro atoms. The molecule has 0 radical (unpaired) electrons. The third-order valence-electron chi connectivity index (χ3n) is 3.21. The molecule has 1 aromatic heterocycles. The lowest BCUT2D eigenvalue weighted by Gasteiger charge is -2.10. The van der Waals surface area contributed by atoms with E-state index >= 15 is 0 Å². The zero-order valence-corrected chi connectivity index (χ0v) is 13.0. The maximum absolute atomic E-state index is 12.5. The number of nitrogens with zero attached hydrogens (tertiary/aromatic N) is 1. The molecule has 0 unspecified atom stereocenters. The lowest BCUT2D eigenvalue weighted by Crippen LogP contribution is -2.27. The molecule has 2 rings (SSSR count). The number of ether oxygens (including phenoxy) is 1. The summed E-state index contributed by atoms with van der Waals surface area (Å²) < 4.78 is 43.0. The predicted molar refractivity (Wildman–Crippen MR) is 82.1 cm³/mol. The molecular formula is C16H13F3N2O4. The zero-order valence-electron chi connectivity index (χ0n) is 13.0. The van der Waals surface area contributed by atoms with Crippen LogP contribution < -0.4 is 10.9 Å². The smallest absolute Gasteiger partial charge is 0.416 e. The minimum Gasteiger partial charge on any atom is -0.465 e. The number of carbonyl (C=O) groups excluding carboxylic acids is 2. The van der Waals surface area contributed by atoms with Gasteiger partial charge in [-0.25, -0.2) is 4.79 Å². The van der Waals surface area contributed by atoms with Crippen LogP contribution in [0.3, 0.4) is 0 Å². The molecule has 0 aliphatic carbocycles.